The molecule has 4 aromatic rings. The van der Waals surface area contributed by atoms with Gasteiger partial charge in [-0.15, -0.1) is 0 Å². The number of rotatable bonds is 3. The van der Waals surface area contributed by atoms with Crippen LogP contribution in [0.3, 0.4) is 0 Å². The van der Waals surface area contributed by atoms with Crippen molar-refractivity contribution < 1.29 is 0 Å². The summed E-state index contributed by atoms with van der Waals surface area (Å²) >= 11 is 0. The third kappa shape index (κ3) is 3.43. The van der Waals surface area contributed by atoms with Gasteiger partial charge >= 0.3 is 0 Å². The Morgan fingerprint density at radius 3 is 1.81 bits per heavy atom. The first-order valence-electron chi connectivity index (χ1n) is 8.90. The Balaban J connectivity index is 1.67. The van der Waals surface area contributed by atoms with E-state index in [0.717, 1.165) is 11.3 Å². The summed E-state index contributed by atoms with van der Waals surface area (Å²) in [6, 6.07) is 30.1. The number of benzene rings is 3. The molecule has 0 aliphatic heterocycles. The first-order valence-corrected chi connectivity index (χ1v) is 8.90. The van der Waals surface area contributed by atoms with Crippen LogP contribution in [-0.2, 0) is 0 Å². The molecule has 0 aliphatic rings. The van der Waals surface area contributed by atoms with Crippen molar-refractivity contribution >= 4 is 0 Å². The lowest BCUT2D eigenvalue weighted by molar-refractivity contribution is 1.33. The summed E-state index contributed by atoms with van der Waals surface area (Å²) in [6.07, 6.45) is 1.83. The Bertz CT molecular complexity index is 1010. The van der Waals surface area contributed by atoms with Crippen LogP contribution in [0, 0.1) is 13.8 Å². The second-order valence-electron chi connectivity index (χ2n) is 6.75. The molecule has 1 heterocycles. The second-order valence-corrected chi connectivity index (χ2v) is 6.75. The number of aryl methyl sites for hydroxylation is 2. The molecule has 0 unspecified atom stereocenters. The van der Waals surface area contributed by atoms with Crippen molar-refractivity contribution in [3.8, 4) is 33.5 Å². The van der Waals surface area contributed by atoms with Crippen molar-refractivity contribution in [2.45, 2.75) is 13.8 Å². The quantitative estimate of drug-likeness (QED) is 0.406. The average Bonchev–Trinajstić information content (AvgIpc) is 2.68. The number of pyridine rings is 1. The minimum atomic E-state index is 1.00. The highest BCUT2D eigenvalue weighted by atomic mass is 14.7. The zero-order valence-electron chi connectivity index (χ0n) is 15.1. The topological polar surface area (TPSA) is 12.9 Å². The molecule has 0 atom stereocenters. The smallest absolute Gasteiger partial charge is 0.0702 e. The zero-order valence-corrected chi connectivity index (χ0v) is 15.1. The lowest BCUT2D eigenvalue weighted by Crippen LogP contribution is -1.85. The van der Waals surface area contributed by atoms with Gasteiger partial charge in [-0.1, -0.05) is 77.9 Å². The van der Waals surface area contributed by atoms with Crippen molar-refractivity contribution in [1.29, 1.82) is 0 Å². The normalized spacial score (nSPS) is 10.7. The van der Waals surface area contributed by atoms with E-state index in [2.05, 4.69) is 85.6 Å². The summed E-state index contributed by atoms with van der Waals surface area (Å²) in [6.45, 7) is 4.29. The van der Waals surface area contributed by atoms with Crippen molar-refractivity contribution in [1.82, 2.24) is 4.98 Å². The maximum atomic E-state index is 4.45. The largest absolute Gasteiger partial charge is 0.256 e. The Morgan fingerprint density at radius 2 is 1.15 bits per heavy atom. The van der Waals surface area contributed by atoms with Gasteiger partial charge in [-0.2, -0.15) is 0 Å². The lowest BCUT2D eigenvalue weighted by atomic mass is 9.97. The number of hydrogen-bond donors (Lipinski definition) is 0. The van der Waals surface area contributed by atoms with Crippen LogP contribution in [0.4, 0.5) is 0 Å². The van der Waals surface area contributed by atoms with Crippen LogP contribution in [0.5, 0.6) is 0 Å². The number of aromatic nitrogens is 1. The summed E-state index contributed by atoms with van der Waals surface area (Å²) < 4.78 is 0. The fourth-order valence-corrected chi connectivity index (χ4v) is 3.39. The van der Waals surface area contributed by atoms with Crippen molar-refractivity contribution in [3.05, 3.63) is 102 Å². The molecule has 0 N–H and O–H groups in total. The summed E-state index contributed by atoms with van der Waals surface area (Å²) in [4.78, 5) is 4.45. The second kappa shape index (κ2) is 6.97. The van der Waals surface area contributed by atoms with Gasteiger partial charge in [0.05, 0.1) is 5.69 Å². The van der Waals surface area contributed by atoms with Gasteiger partial charge in [-0.25, -0.2) is 0 Å². The Kier molecular flexibility index (Phi) is 4.37. The van der Waals surface area contributed by atoms with E-state index >= 15 is 0 Å². The monoisotopic (exact) mass is 335 g/mol. The SMILES string of the molecule is Cc1cc(C)cc(-c2ccc(-c3cccc(-c4ccccn4)c3)cc2)c1. The van der Waals surface area contributed by atoms with Crippen LogP contribution in [0.1, 0.15) is 11.1 Å². The molecule has 3 aromatic carbocycles. The summed E-state index contributed by atoms with van der Waals surface area (Å²) in [5.74, 6) is 0. The number of nitrogens with zero attached hydrogens (tertiary/aromatic N) is 1. The van der Waals surface area contributed by atoms with E-state index in [9.17, 15) is 0 Å². The highest BCUT2D eigenvalue weighted by Crippen LogP contribution is 2.28. The van der Waals surface area contributed by atoms with Gasteiger partial charge in [0.2, 0.25) is 0 Å². The van der Waals surface area contributed by atoms with Crippen molar-refractivity contribution in [2.75, 3.05) is 0 Å². The minimum Gasteiger partial charge on any atom is -0.256 e. The molecule has 26 heavy (non-hydrogen) atoms. The van der Waals surface area contributed by atoms with Crippen molar-refractivity contribution in [3.63, 3.8) is 0 Å². The van der Waals surface area contributed by atoms with Crippen LogP contribution in [-0.4, -0.2) is 4.98 Å². The minimum absolute atomic E-state index is 1.00. The molecule has 0 spiro atoms. The third-order valence-electron chi connectivity index (χ3n) is 4.60. The third-order valence-corrected chi connectivity index (χ3v) is 4.60. The van der Waals surface area contributed by atoms with Crippen LogP contribution in [0.2, 0.25) is 0 Å². The summed E-state index contributed by atoms with van der Waals surface area (Å²) in [7, 11) is 0. The Hall–Kier alpha value is -3.19. The summed E-state index contributed by atoms with van der Waals surface area (Å²) in [5.41, 5.74) is 9.69. The van der Waals surface area contributed by atoms with E-state index in [4.69, 9.17) is 0 Å². The molecule has 1 aromatic heterocycles. The van der Waals surface area contributed by atoms with Crippen LogP contribution >= 0.6 is 0 Å². The Labute approximate surface area is 155 Å². The fourth-order valence-electron chi connectivity index (χ4n) is 3.39. The van der Waals surface area contributed by atoms with E-state index in [1.165, 1.54) is 33.4 Å². The molecule has 1 heteroatoms. The van der Waals surface area contributed by atoms with Gasteiger partial charge in [-0.05, 0) is 54.3 Å². The highest BCUT2D eigenvalue weighted by molar-refractivity contribution is 5.74. The first kappa shape index (κ1) is 16.3. The Morgan fingerprint density at radius 1 is 0.500 bits per heavy atom. The predicted octanol–water partition coefficient (Wildman–Crippen LogP) is 6.70. The zero-order chi connectivity index (χ0) is 17.9. The van der Waals surface area contributed by atoms with Gasteiger partial charge in [0.25, 0.3) is 0 Å². The van der Waals surface area contributed by atoms with E-state index < -0.39 is 0 Å². The molecule has 4 rings (SSSR count). The molecule has 0 fully saturated rings. The predicted molar refractivity (Wildman–Crippen MR) is 110 cm³/mol. The molecule has 126 valence electrons. The standard InChI is InChI=1S/C25H21N/c1-18-14-19(2)16-24(15-18)21-11-9-20(10-12-21)22-6-5-7-23(17-22)25-8-3-4-13-26-25/h3-17H,1-2H3. The van der Waals surface area contributed by atoms with Gasteiger partial charge in [0.1, 0.15) is 0 Å². The van der Waals surface area contributed by atoms with E-state index in [0.29, 0.717) is 0 Å². The first-order chi connectivity index (χ1) is 12.7. The van der Waals surface area contributed by atoms with Gasteiger partial charge in [0, 0.05) is 11.8 Å². The molecule has 0 radical (unpaired) electrons. The molecule has 0 aliphatic carbocycles. The molecule has 0 saturated carbocycles. The highest BCUT2D eigenvalue weighted by Gasteiger charge is 2.04. The maximum Gasteiger partial charge on any atom is 0.0702 e. The fraction of sp³-hybridized carbons (Fsp3) is 0.0800. The van der Waals surface area contributed by atoms with Crippen LogP contribution in [0.15, 0.2) is 91.1 Å². The van der Waals surface area contributed by atoms with Crippen LogP contribution in [0.25, 0.3) is 33.5 Å². The molecule has 0 bridgehead atoms. The molecular weight excluding hydrogens is 314 g/mol. The van der Waals surface area contributed by atoms with E-state index in [-0.39, 0.29) is 0 Å². The number of hydrogen-bond acceptors (Lipinski definition) is 1. The van der Waals surface area contributed by atoms with Gasteiger partial charge in [-0.3, -0.25) is 4.98 Å². The lowest BCUT2D eigenvalue weighted by Gasteiger charge is -2.08. The van der Waals surface area contributed by atoms with Crippen molar-refractivity contribution in [2.24, 2.45) is 0 Å². The van der Waals surface area contributed by atoms with Gasteiger partial charge in [0.15, 0.2) is 0 Å². The maximum absolute atomic E-state index is 4.45. The average molecular weight is 335 g/mol. The molecular formula is C25H21N. The van der Waals surface area contributed by atoms with Gasteiger partial charge < -0.3 is 0 Å². The molecule has 0 saturated heterocycles. The summed E-state index contributed by atoms with van der Waals surface area (Å²) in [5, 5.41) is 0. The molecule has 1 nitrogen and oxygen atoms in total. The van der Waals surface area contributed by atoms with E-state index in [1.807, 2.05) is 24.4 Å². The van der Waals surface area contributed by atoms with Crippen LogP contribution < -0.4 is 0 Å². The van der Waals surface area contributed by atoms with E-state index in [1.54, 1.807) is 0 Å². The molecule has 0 amide bonds.